The van der Waals surface area contributed by atoms with Crippen molar-refractivity contribution in [2.45, 2.75) is 32.1 Å². The minimum absolute atomic E-state index is 0.542. The second-order valence-corrected chi connectivity index (χ2v) is 5.87. The maximum absolute atomic E-state index is 5.73. The molecule has 0 amide bonds. The molecule has 1 atom stereocenters. The second kappa shape index (κ2) is 5.99. The van der Waals surface area contributed by atoms with Gasteiger partial charge in [0.1, 0.15) is 0 Å². The number of aryl methyl sites for hydroxylation is 1. The Bertz CT molecular complexity index is 327. The Morgan fingerprint density at radius 3 is 3.12 bits per heavy atom. The van der Waals surface area contributed by atoms with Gasteiger partial charge in [0.05, 0.1) is 16.6 Å². The summed E-state index contributed by atoms with van der Waals surface area (Å²) in [6.07, 6.45) is 3.70. The van der Waals surface area contributed by atoms with Gasteiger partial charge in [0.25, 0.3) is 0 Å². The van der Waals surface area contributed by atoms with E-state index in [0.717, 1.165) is 18.0 Å². The molecule has 0 saturated carbocycles. The molecule has 1 saturated heterocycles. The number of thiazole rings is 1. The Kier molecular flexibility index (Phi) is 4.62. The average Bonchev–Trinajstić information content (AvgIpc) is 2.88. The predicted octanol–water partition coefficient (Wildman–Crippen LogP) is 3.16. The van der Waals surface area contributed by atoms with E-state index in [2.05, 4.69) is 22.2 Å². The lowest BCUT2D eigenvalue weighted by Gasteiger charge is -2.14. The molecule has 2 rings (SSSR count). The van der Waals surface area contributed by atoms with E-state index in [1.165, 1.54) is 37.5 Å². The molecular formula is C12H19ClN2S. The first-order valence-electron chi connectivity index (χ1n) is 5.99. The Balaban J connectivity index is 1.67. The summed E-state index contributed by atoms with van der Waals surface area (Å²) in [5.74, 6) is 1.43. The van der Waals surface area contributed by atoms with Crippen LogP contribution in [0.1, 0.15) is 30.5 Å². The van der Waals surface area contributed by atoms with Crippen LogP contribution in [0.15, 0.2) is 5.38 Å². The van der Waals surface area contributed by atoms with E-state index in [1.807, 2.05) is 0 Å². The molecular weight excluding hydrogens is 240 g/mol. The van der Waals surface area contributed by atoms with Gasteiger partial charge in [-0.05, 0) is 31.8 Å². The van der Waals surface area contributed by atoms with Gasteiger partial charge in [-0.1, -0.05) is 6.92 Å². The van der Waals surface area contributed by atoms with Gasteiger partial charge in [0.15, 0.2) is 0 Å². The maximum Gasteiger partial charge on any atom is 0.0929 e. The van der Waals surface area contributed by atoms with E-state index in [9.17, 15) is 0 Å². The van der Waals surface area contributed by atoms with Gasteiger partial charge in [-0.2, -0.15) is 0 Å². The summed E-state index contributed by atoms with van der Waals surface area (Å²) in [6.45, 7) is 6.13. The number of nitrogens with zero attached hydrogens (tertiary/aromatic N) is 2. The highest BCUT2D eigenvalue weighted by Crippen LogP contribution is 2.17. The quantitative estimate of drug-likeness (QED) is 0.755. The normalized spacial score (nSPS) is 21.8. The van der Waals surface area contributed by atoms with Crippen LogP contribution in [-0.2, 0) is 12.3 Å². The van der Waals surface area contributed by atoms with E-state index in [4.69, 9.17) is 11.6 Å². The SMILES string of the molecule is CC1CCN(CCCc2nc(CCl)cs2)C1. The fourth-order valence-electron chi connectivity index (χ4n) is 2.21. The third-order valence-electron chi connectivity index (χ3n) is 3.11. The molecule has 4 heteroatoms. The summed E-state index contributed by atoms with van der Waals surface area (Å²) in [4.78, 5) is 7.05. The molecule has 1 aromatic rings. The molecule has 1 unspecified atom stereocenters. The van der Waals surface area contributed by atoms with Gasteiger partial charge in [-0.15, -0.1) is 22.9 Å². The summed E-state index contributed by atoms with van der Waals surface area (Å²) in [6, 6.07) is 0. The smallest absolute Gasteiger partial charge is 0.0929 e. The van der Waals surface area contributed by atoms with Crippen LogP contribution in [0.25, 0.3) is 0 Å². The number of halogens is 1. The molecule has 90 valence electrons. The molecule has 1 aliphatic rings. The van der Waals surface area contributed by atoms with Gasteiger partial charge in [-0.25, -0.2) is 4.98 Å². The molecule has 0 radical (unpaired) electrons. The van der Waals surface area contributed by atoms with E-state index in [-0.39, 0.29) is 0 Å². The highest BCUT2D eigenvalue weighted by Gasteiger charge is 2.17. The fraction of sp³-hybridized carbons (Fsp3) is 0.750. The van der Waals surface area contributed by atoms with E-state index < -0.39 is 0 Å². The maximum atomic E-state index is 5.73. The van der Waals surface area contributed by atoms with Crippen LogP contribution >= 0.6 is 22.9 Å². The van der Waals surface area contributed by atoms with Crippen LogP contribution in [0.2, 0.25) is 0 Å². The monoisotopic (exact) mass is 258 g/mol. The van der Waals surface area contributed by atoms with Crippen molar-refractivity contribution >= 4 is 22.9 Å². The first-order chi connectivity index (χ1) is 7.78. The van der Waals surface area contributed by atoms with Gasteiger partial charge in [0, 0.05) is 18.3 Å². The summed E-state index contributed by atoms with van der Waals surface area (Å²) in [5.41, 5.74) is 1.02. The lowest BCUT2D eigenvalue weighted by Crippen LogP contribution is -2.21. The first-order valence-corrected chi connectivity index (χ1v) is 7.41. The molecule has 2 nitrogen and oxygen atoms in total. The zero-order chi connectivity index (χ0) is 11.4. The van der Waals surface area contributed by atoms with Gasteiger partial charge < -0.3 is 4.90 Å². The number of aromatic nitrogens is 1. The van der Waals surface area contributed by atoms with Crippen LogP contribution in [0.5, 0.6) is 0 Å². The zero-order valence-electron chi connectivity index (χ0n) is 9.79. The Labute approximate surface area is 107 Å². The third kappa shape index (κ3) is 3.44. The van der Waals surface area contributed by atoms with E-state index >= 15 is 0 Å². The van der Waals surface area contributed by atoms with Crippen molar-refractivity contribution in [2.24, 2.45) is 5.92 Å². The number of hydrogen-bond acceptors (Lipinski definition) is 3. The highest BCUT2D eigenvalue weighted by molar-refractivity contribution is 7.09. The van der Waals surface area contributed by atoms with Crippen LogP contribution < -0.4 is 0 Å². The molecule has 1 fully saturated rings. The van der Waals surface area contributed by atoms with Crippen LogP contribution in [0.3, 0.4) is 0 Å². The van der Waals surface area contributed by atoms with Crippen molar-refractivity contribution in [3.63, 3.8) is 0 Å². The van der Waals surface area contributed by atoms with Crippen molar-refractivity contribution in [1.29, 1.82) is 0 Å². The minimum Gasteiger partial charge on any atom is -0.303 e. The van der Waals surface area contributed by atoms with Crippen molar-refractivity contribution in [3.8, 4) is 0 Å². The Hall–Kier alpha value is -0.120. The molecule has 0 bridgehead atoms. The Morgan fingerprint density at radius 1 is 1.62 bits per heavy atom. The standard InChI is InChI=1S/C12H19ClN2S/c1-10-4-6-15(8-10)5-2-3-12-14-11(7-13)9-16-12/h9-10H,2-8H2,1H3. The van der Waals surface area contributed by atoms with E-state index in [0.29, 0.717) is 5.88 Å². The summed E-state index contributed by atoms with van der Waals surface area (Å²) in [7, 11) is 0. The van der Waals surface area contributed by atoms with Gasteiger partial charge in [0.2, 0.25) is 0 Å². The minimum atomic E-state index is 0.542. The van der Waals surface area contributed by atoms with Crippen LogP contribution in [0.4, 0.5) is 0 Å². The molecule has 1 aromatic heterocycles. The molecule has 0 N–H and O–H groups in total. The fourth-order valence-corrected chi connectivity index (χ4v) is 3.28. The van der Waals surface area contributed by atoms with Crippen molar-refractivity contribution < 1.29 is 0 Å². The highest BCUT2D eigenvalue weighted by atomic mass is 35.5. The van der Waals surface area contributed by atoms with Crippen LogP contribution in [0, 0.1) is 5.92 Å². The topological polar surface area (TPSA) is 16.1 Å². The summed E-state index contributed by atoms with van der Waals surface area (Å²) >= 11 is 7.47. The van der Waals surface area contributed by atoms with Crippen molar-refractivity contribution in [1.82, 2.24) is 9.88 Å². The molecule has 2 heterocycles. The average molecular weight is 259 g/mol. The third-order valence-corrected chi connectivity index (χ3v) is 4.34. The molecule has 16 heavy (non-hydrogen) atoms. The number of alkyl halides is 1. The number of hydrogen-bond donors (Lipinski definition) is 0. The molecule has 1 aliphatic heterocycles. The lowest BCUT2D eigenvalue weighted by atomic mass is 10.2. The zero-order valence-corrected chi connectivity index (χ0v) is 11.4. The molecule has 0 aromatic carbocycles. The van der Waals surface area contributed by atoms with E-state index in [1.54, 1.807) is 11.3 Å². The number of likely N-dealkylation sites (tertiary alicyclic amines) is 1. The number of rotatable bonds is 5. The largest absolute Gasteiger partial charge is 0.303 e. The molecule has 0 spiro atoms. The predicted molar refractivity (Wildman–Crippen MR) is 70.2 cm³/mol. The summed E-state index contributed by atoms with van der Waals surface area (Å²) < 4.78 is 0. The Morgan fingerprint density at radius 2 is 2.50 bits per heavy atom. The van der Waals surface area contributed by atoms with Gasteiger partial charge in [-0.3, -0.25) is 0 Å². The summed E-state index contributed by atoms with van der Waals surface area (Å²) in [5, 5.41) is 3.31. The molecule has 0 aliphatic carbocycles. The van der Waals surface area contributed by atoms with Crippen LogP contribution in [-0.4, -0.2) is 29.5 Å². The second-order valence-electron chi connectivity index (χ2n) is 4.66. The van der Waals surface area contributed by atoms with Crippen molar-refractivity contribution in [3.05, 3.63) is 16.1 Å². The van der Waals surface area contributed by atoms with Crippen molar-refractivity contribution in [2.75, 3.05) is 19.6 Å². The van der Waals surface area contributed by atoms with Gasteiger partial charge >= 0.3 is 0 Å². The lowest BCUT2D eigenvalue weighted by molar-refractivity contribution is 0.323. The first kappa shape index (κ1) is 12.3.